The van der Waals surface area contributed by atoms with E-state index in [4.69, 9.17) is 0 Å². The Morgan fingerprint density at radius 2 is 1.61 bits per heavy atom. The third-order valence-corrected chi connectivity index (χ3v) is 6.02. The van der Waals surface area contributed by atoms with E-state index in [1.807, 2.05) is 30.6 Å². The SMILES string of the molecule is O=C(NC1CCCCCC1)[C@@H]1CCCN(c2ncc(-c3ccccc3)cn2)C1. The van der Waals surface area contributed by atoms with Gasteiger partial charge in [0.05, 0.1) is 5.92 Å². The number of aromatic nitrogens is 2. The highest BCUT2D eigenvalue weighted by Crippen LogP contribution is 2.24. The molecule has 28 heavy (non-hydrogen) atoms. The van der Waals surface area contributed by atoms with Crippen LogP contribution in [0.2, 0.25) is 0 Å². The van der Waals surface area contributed by atoms with E-state index in [0.29, 0.717) is 12.6 Å². The van der Waals surface area contributed by atoms with Crippen molar-refractivity contribution in [2.24, 2.45) is 5.92 Å². The molecule has 5 nitrogen and oxygen atoms in total. The second-order valence-electron chi connectivity index (χ2n) is 8.12. The summed E-state index contributed by atoms with van der Waals surface area (Å²) in [6.45, 7) is 1.63. The molecule has 1 atom stereocenters. The van der Waals surface area contributed by atoms with Crippen LogP contribution in [0.3, 0.4) is 0 Å². The summed E-state index contributed by atoms with van der Waals surface area (Å²) in [6.07, 6.45) is 13.1. The highest BCUT2D eigenvalue weighted by atomic mass is 16.2. The number of amides is 1. The Morgan fingerprint density at radius 3 is 2.32 bits per heavy atom. The van der Waals surface area contributed by atoms with Gasteiger partial charge in [0.1, 0.15) is 0 Å². The first-order valence-corrected chi connectivity index (χ1v) is 10.7. The van der Waals surface area contributed by atoms with Crippen LogP contribution < -0.4 is 10.2 Å². The van der Waals surface area contributed by atoms with E-state index in [2.05, 4.69) is 32.3 Å². The lowest BCUT2D eigenvalue weighted by atomic mass is 9.96. The number of benzene rings is 1. The molecule has 2 fully saturated rings. The van der Waals surface area contributed by atoms with Gasteiger partial charge in [0.2, 0.25) is 11.9 Å². The normalized spacial score (nSPS) is 21.1. The fourth-order valence-corrected chi connectivity index (χ4v) is 4.38. The van der Waals surface area contributed by atoms with E-state index < -0.39 is 0 Å². The molecule has 1 saturated carbocycles. The zero-order valence-corrected chi connectivity index (χ0v) is 16.5. The second-order valence-corrected chi connectivity index (χ2v) is 8.12. The number of carbonyl (C=O) groups excluding carboxylic acids is 1. The molecule has 148 valence electrons. The van der Waals surface area contributed by atoms with Gasteiger partial charge in [0.15, 0.2) is 0 Å². The molecule has 0 unspecified atom stereocenters. The average Bonchev–Trinajstić information content (AvgIpc) is 3.03. The van der Waals surface area contributed by atoms with Crippen LogP contribution in [0.4, 0.5) is 5.95 Å². The summed E-state index contributed by atoms with van der Waals surface area (Å²) in [6, 6.07) is 10.5. The Bertz CT molecular complexity index is 754. The molecule has 0 radical (unpaired) electrons. The number of rotatable bonds is 4. The van der Waals surface area contributed by atoms with Gasteiger partial charge in [-0.1, -0.05) is 56.0 Å². The van der Waals surface area contributed by atoms with Gasteiger partial charge in [-0.15, -0.1) is 0 Å². The van der Waals surface area contributed by atoms with Crippen LogP contribution in [-0.4, -0.2) is 35.0 Å². The van der Waals surface area contributed by atoms with Gasteiger partial charge in [-0.2, -0.15) is 0 Å². The summed E-state index contributed by atoms with van der Waals surface area (Å²) >= 11 is 0. The number of hydrogen-bond donors (Lipinski definition) is 1. The minimum Gasteiger partial charge on any atom is -0.353 e. The van der Waals surface area contributed by atoms with Gasteiger partial charge in [0.25, 0.3) is 0 Å². The smallest absolute Gasteiger partial charge is 0.225 e. The molecular weight excluding hydrogens is 348 g/mol. The molecule has 1 amide bonds. The zero-order chi connectivity index (χ0) is 19.2. The van der Waals surface area contributed by atoms with Crippen LogP contribution in [0.25, 0.3) is 11.1 Å². The topological polar surface area (TPSA) is 58.1 Å². The van der Waals surface area contributed by atoms with Crippen molar-refractivity contribution >= 4 is 11.9 Å². The van der Waals surface area contributed by atoms with E-state index in [9.17, 15) is 4.79 Å². The highest BCUT2D eigenvalue weighted by Gasteiger charge is 2.28. The summed E-state index contributed by atoms with van der Waals surface area (Å²) in [4.78, 5) is 24.1. The van der Waals surface area contributed by atoms with Crippen LogP contribution in [0, 0.1) is 5.92 Å². The molecule has 5 heteroatoms. The first kappa shape index (κ1) is 18.9. The predicted molar refractivity (Wildman–Crippen MR) is 112 cm³/mol. The van der Waals surface area contributed by atoms with Gasteiger partial charge in [0, 0.05) is 37.1 Å². The largest absolute Gasteiger partial charge is 0.353 e. The maximum atomic E-state index is 12.8. The lowest BCUT2D eigenvalue weighted by Crippen LogP contribution is -2.46. The molecule has 1 saturated heterocycles. The number of nitrogens with zero attached hydrogens (tertiary/aromatic N) is 3. The first-order chi connectivity index (χ1) is 13.8. The van der Waals surface area contributed by atoms with E-state index >= 15 is 0 Å². The Kier molecular flexibility index (Phi) is 6.20. The van der Waals surface area contributed by atoms with Gasteiger partial charge in [-0.3, -0.25) is 4.79 Å². The Labute approximate surface area is 167 Å². The second kappa shape index (κ2) is 9.18. The Morgan fingerprint density at radius 1 is 0.893 bits per heavy atom. The molecular formula is C23H30N4O. The van der Waals surface area contributed by atoms with Crippen molar-refractivity contribution in [3.05, 3.63) is 42.7 Å². The van der Waals surface area contributed by atoms with Crippen molar-refractivity contribution < 1.29 is 4.79 Å². The fraction of sp³-hybridized carbons (Fsp3) is 0.522. The molecule has 1 N–H and O–H groups in total. The first-order valence-electron chi connectivity index (χ1n) is 10.7. The third-order valence-electron chi connectivity index (χ3n) is 6.02. The zero-order valence-electron chi connectivity index (χ0n) is 16.5. The van der Waals surface area contributed by atoms with Gasteiger partial charge >= 0.3 is 0 Å². The van der Waals surface area contributed by atoms with E-state index in [1.165, 1.54) is 25.7 Å². The van der Waals surface area contributed by atoms with Crippen molar-refractivity contribution in [1.82, 2.24) is 15.3 Å². The van der Waals surface area contributed by atoms with Crippen LogP contribution in [0.5, 0.6) is 0 Å². The molecule has 0 bridgehead atoms. The van der Waals surface area contributed by atoms with Crippen LogP contribution in [0.15, 0.2) is 42.7 Å². The molecule has 2 heterocycles. The molecule has 4 rings (SSSR count). The molecule has 2 aliphatic rings. The molecule has 1 aliphatic heterocycles. The number of nitrogens with one attached hydrogen (secondary N) is 1. The number of piperidine rings is 1. The summed E-state index contributed by atoms with van der Waals surface area (Å²) < 4.78 is 0. The lowest BCUT2D eigenvalue weighted by Gasteiger charge is -2.32. The maximum Gasteiger partial charge on any atom is 0.225 e. The molecule has 1 aliphatic carbocycles. The van der Waals surface area contributed by atoms with E-state index in [0.717, 1.165) is 49.3 Å². The number of hydrogen-bond acceptors (Lipinski definition) is 4. The molecule has 1 aromatic carbocycles. The van der Waals surface area contributed by atoms with E-state index in [-0.39, 0.29) is 11.8 Å². The minimum atomic E-state index is 0.0365. The summed E-state index contributed by atoms with van der Waals surface area (Å²) in [5.74, 6) is 0.985. The summed E-state index contributed by atoms with van der Waals surface area (Å²) in [7, 11) is 0. The average molecular weight is 379 g/mol. The van der Waals surface area contributed by atoms with Gasteiger partial charge in [-0.05, 0) is 31.2 Å². The van der Waals surface area contributed by atoms with Crippen molar-refractivity contribution in [1.29, 1.82) is 0 Å². The van der Waals surface area contributed by atoms with Crippen molar-refractivity contribution in [2.45, 2.75) is 57.4 Å². The van der Waals surface area contributed by atoms with Crippen LogP contribution >= 0.6 is 0 Å². The third kappa shape index (κ3) is 4.70. The number of anilines is 1. The standard InChI is InChI=1S/C23H30N4O/c28-22(26-21-12-6-1-2-7-13-21)19-11-8-14-27(17-19)23-24-15-20(16-25-23)18-9-4-3-5-10-18/h3-5,9-10,15-16,19,21H,1-2,6-8,11-14,17H2,(H,26,28)/t19-/m1/s1. The monoisotopic (exact) mass is 378 g/mol. The lowest BCUT2D eigenvalue weighted by molar-refractivity contribution is -0.126. The fourth-order valence-electron chi connectivity index (χ4n) is 4.38. The van der Waals surface area contributed by atoms with Crippen molar-refractivity contribution in [2.75, 3.05) is 18.0 Å². The summed E-state index contributed by atoms with van der Waals surface area (Å²) in [5.41, 5.74) is 2.14. The Hall–Kier alpha value is -2.43. The molecule has 1 aromatic heterocycles. The van der Waals surface area contributed by atoms with Gasteiger partial charge in [-0.25, -0.2) is 9.97 Å². The quantitative estimate of drug-likeness (QED) is 0.810. The van der Waals surface area contributed by atoms with Crippen LogP contribution in [-0.2, 0) is 4.79 Å². The van der Waals surface area contributed by atoms with Gasteiger partial charge < -0.3 is 10.2 Å². The number of carbonyl (C=O) groups is 1. The summed E-state index contributed by atoms with van der Waals surface area (Å²) in [5, 5.41) is 3.32. The highest BCUT2D eigenvalue weighted by molar-refractivity contribution is 5.79. The van der Waals surface area contributed by atoms with Crippen molar-refractivity contribution in [3.63, 3.8) is 0 Å². The maximum absolute atomic E-state index is 12.8. The molecule has 0 spiro atoms. The minimum absolute atomic E-state index is 0.0365. The Balaban J connectivity index is 1.37. The van der Waals surface area contributed by atoms with Crippen molar-refractivity contribution in [3.8, 4) is 11.1 Å². The predicted octanol–water partition coefficient (Wildman–Crippen LogP) is 4.20. The van der Waals surface area contributed by atoms with Crippen LogP contribution in [0.1, 0.15) is 51.4 Å². The molecule has 2 aromatic rings. The van der Waals surface area contributed by atoms with E-state index in [1.54, 1.807) is 0 Å².